The van der Waals surface area contributed by atoms with E-state index in [1.165, 1.54) is 5.56 Å². The topological polar surface area (TPSA) is 72.1 Å². The molecule has 2 bridgehead atoms. The fraction of sp³-hybridized carbons (Fsp3) is 0.432. The molecule has 0 spiro atoms. The van der Waals surface area contributed by atoms with E-state index in [1.54, 1.807) is 7.11 Å². The second kappa shape index (κ2) is 15.6. The number of nitrogens with one attached hydrogen (secondary N) is 2. The predicted molar refractivity (Wildman–Crippen MR) is 189 cm³/mol. The first kappa shape index (κ1) is 34.1. The van der Waals surface area contributed by atoms with Gasteiger partial charge in [-0.1, -0.05) is 59.1 Å². The standard InChI is InChI=1S/C37H42Cl3N3O4/c1-23-16-32(39)36(33(40)17-23)47-15-14-46-29-10-6-25(7-11-29)30-19-27-20-41-21-34(42-27)35(30)37(44)43(28-8-9-28)22-26-18-24(4-3-13-45-2)5-12-31(26)38/h5-7,10-12,16-18,27-28,34,41-42H,3-4,8-9,13-15,19-22H2,1-2H3/t27-,34-/m0/s1. The zero-order valence-corrected chi connectivity index (χ0v) is 29.2. The summed E-state index contributed by atoms with van der Waals surface area (Å²) in [7, 11) is 1.72. The molecule has 2 atom stereocenters. The van der Waals surface area contributed by atoms with Crippen LogP contribution in [0.1, 0.15) is 47.9 Å². The first-order valence-corrected chi connectivity index (χ1v) is 17.5. The first-order valence-electron chi connectivity index (χ1n) is 16.4. The summed E-state index contributed by atoms with van der Waals surface area (Å²) in [4.78, 5) is 16.6. The number of ether oxygens (including phenoxy) is 3. The van der Waals surface area contributed by atoms with Crippen LogP contribution in [0.15, 0.2) is 60.2 Å². The van der Waals surface area contributed by atoms with Crippen molar-refractivity contribution in [1.82, 2.24) is 15.5 Å². The van der Waals surface area contributed by atoms with Crippen LogP contribution in [-0.2, 0) is 22.5 Å². The van der Waals surface area contributed by atoms with Crippen LogP contribution in [0.5, 0.6) is 11.5 Å². The number of piperazine rings is 1. The van der Waals surface area contributed by atoms with Crippen LogP contribution in [0, 0.1) is 6.92 Å². The second-order valence-corrected chi connectivity index (χ2v) is 13.9. The minimum Gasteiger partial charge on any atom is -0.490 e. The van der Waals surface area contributed by atoms with Gasteiger partial charge in [-0.15, -0.1) is 0 Å². The molecule has 1 saturated carbocycles. The molecule has 0 aromatic heterocycles. The number of carbonyl (C=O) groups is 1. The van der Waals surface area contributed by atoms with E-state index in [2.05, 4.69) is 39.8 Å². The van der Waals surface area contributed by atoms with E-state index in [0.29, 0.717) is 53.7 Å². The normalized spacial score (nSPS) is 19.1. The van der Waals surface area contributed by atoms with Crippen molar-refractivity contribution in [3.8, 4) is 11.5 Å². The number of hydrogen-bond acceptors (Lipinski definition) is 6. The maximum atomic E-state index is 14.6. The highest BCUT2D eigenvalue weighted by atomic mass is 35.5. The molecule has 3 aromatic carbocycles. The van der Waals surface area contributed by atoms with Gasteiger partial charge in [0.05, 0.1) is 16.1 Å². The molecule has 250 valence electrons. The summed E-state index contributed by atoms with van der Waals surface area (Å²) in [6.45, 7) is 5.36. The van der Waals surface area contributed by atoms with Gasteiger partial charge in [-0.05, 0) is 97.2 Å². The van der Waals surface area contributed by atoms with E-state index in [-0.39, 0.29) is 24.0 Å². The number of rotatable bonds is 14. The number of amides is 1. The number of benzene rings is 3. The van der Waals surface area contributed by atoms with Gasteiger partial charge >= 0.3 is 0 Å². The molecule has 1 amide bonds. The maximum absolute atomic E-state index is 14.6. The summed E-state index contributed by atoms with van der Waals surface area (Å²) in [5, 5.41) is 8.91. The Hall–Kier alpha value is -2.78. The maximum Gasteiger partial charge on any atom is 0.252 e. The second-order valence-electron chi connectivity index (χ2n) is 12.6. The number of nitrogens with zero attached hydrogens (tertiary/aromatic N) is 1. The van der Waals surface area contributed by atoms with Crippen LogP contribution in [0.3, 0.4) is 0 Å². The zero-order valence-electron chi connectivity index (χ0n) is 26.9. The van der Waals surface area contributed by atoms with E-state index >= 15 is 0 Å². The average molecular weight is 699 g/mol. The Bertz CT molecular complexity index is 1590. The van der Waals surface area contributed by atoms with Crippen LogP contribution in [0.25, 0.3) is 5.57 Å². The minimum absolute atomic E-state index is 0.0596. The minimum atomic E-state index is -0.0596. The quantitative estimate of drug-likeness (QED) is 0.173. The molecule has 3 aliphatic rings. The molecule has 2 N–H and O–H groups in total. The van der Waals surface area contributed by atoms with Gasteiger partial charge in [0.1, 0.15) is 19.0 Å². The molecule has 1 saturated heterocycles. The molecular formula is C37H42Cl3N3O4. The lowest BCUT2D eigenvalue weighted by Crippen LogP contribution is -2.60. The van der Waals surface area contributed by atoms with Crippen molar-refractivity contribution in [2.24, 2.45) is 0 Å². The van der Waals surface area contributed by atoms with E-state index in [1.807, 2.05) is 37.3 Å². The highest BCUT2D eigenvalue weighted by Crippen LogP contribution is 2.38. The number of hydrogen-bond donors (Lipinski definition) is 2. The Morgan fingerprint density at radius 3 is 2.38 bits per heavy atom. The van der Waals surface area contributed by atoms with Crippen molar-refractivity contribution >= 4 is 46.3 Å². The van der Waals surface area contributed by atoms with Crippen molar-refractivity contribution in [2.75, 3.05) is 40.0 Å². The molecule has 3 aromatic rings. The summed E-state index contributed by atoms with van der Waals surface area (Å²) < 4.78 is 17.0. The van der Waals surface area contributed by atoms with Crippen LogP contribution >= 0.6 is 34.8 Å². The third kappa shape index (κ3) is 8.45. The zero-order chi connectivity index (χ0) is 32.9. The van der Waals surface area contributed by atoms with E-state index in [4.69, 9.17) is 49.0 Å². The lowest BCUT2D eigenvalue weighted by molar-refractivity contribution is -0.128. The van der Waals surface area contributed by atoms with Gasteiger partial charge in [0.2, 0.25) is 0 Å². The molecule has 1 aliphatic carbocycles. The third-order valence-electron chi connectivity index (χ3n) is 8.99. The average Bonchev–Trinajstić information content (AvgIpc) is 3.90. The number of methoxy groups -OCH3 is 1. The van der Waals surface area contributed by atoms with Gasteiger partial charge in [-0.25, -0.2) is 0 Å². The van der Waals surface area contributed by atoms with Gasteiger partial charge in [0.25, 0.3) is 5.91 Å². The van der Waals surface area contributed by atoms with E-state index in [9.17, 15) is 4.79 Å². The van der Waals surface area contributed by atoms with Crippen molar-refractivity contribution in [3.63, 3.8) is 0 Å². The third-order valence-corrected chi connectivity index (χ3v) is 9.92. The van der Waals surface area contributed by atoms with Crippen LogP contribution in [0.2, 0.25) is 15.1 Å². The molecular weight excluding hydrogens is 657 g/mol. The lowest BCUT2D eigenvalue weighted by Gasteiger charge is -2.41. The summed E-state index contributed by atoms with van der Waals surface area (Å²) in [5.74, 6) is 1.28. The number of carbonyl (C=O) groups excluding carboxylic acids is 1. The Kier molecular flexibility index (Phi) is 11.3. The van der Waals surface area contributed by atoms with Gasteiger partial charge in [-0.2, -0.15) is 0 Å². The first-order chi connectivity index (χ1) is 22.8. The Balaban J connectivity index is 1.18. The van der Waals surface area contributed by atoms with Gasteiger partial charge in [-0.3, -0.25) is 4.79 Å². The van der Waals surface area contributed by atoms with Crippen molar-refractivity contribution in [3.05, 3.63) is 97.5 Å². The Morgan fingerprint density at radius 2 is 1.66 bits per heavy atom. The van der Waals surface area contributed by atoms with E-state index < -0.39 is 0 Å². The Morgan fingerprint density at radius 1 is 0.915 bits per heavy atom. The fourth-order valence-corrected chi connectivity index (χ4v) is 7.42. The van der Waals surface area contributed by atoms with Crippen LogP contribution in [-0.4, -0.2) is 69.0 Å². The number of halogens is 3. The van der Waals surface area contributed by atoms with Crippen LogP contribution in [0.4, 0.5) is 0 Å². The molecule has 0 unspecified atom stereocenters. The lowest BCUT2D eigenvalue weighted by atomic mass is 9.83. The molecule has 2 aliphatic heterocycles. The van der Waals surface area contributed by atoms with Gasteiger partial charge in [0.15, 0.2) is 5.75 Å². The van der Waals surface area contributed by atoms with Crippen LogP contribution < -0.4 is 20.1 Å². The highest BCUT2D eigenvalue weighted by molar-refractivity contribution is 6.37. The van der Waals surface area contributed by atoms with Gasteiger partial charge in [0, 0.05) is 56.0 Å². The van der Waals surface area contributed by atoms with E-state index in [0.717, 1.165) is 72.2 Å². The monoisotopic (exact) mass is 697 g/mol. The highest BCUT2D eigenvalue weighted by Gasteiger charge is 2.41. The summed E-state index contributed by atoms with van der Waals surface area (Å²) in [6, 6.07) is 18.3. The number of aryl methyl sites for hydroxylation is 2. The molecule has 7 nitrogen and oxygen atoms in total. The van der Waals surface area contributed by atoms with Crippen molar-refractivity contribution in [1.29, 1.82) is 0 Å². The predicted octanol–water partition coefficient (Wildman–Crippen LogP) is 7.27. The molecule has 2 fully saturated rings. The molecule has 10 heteroatoms. The van der Waals surface area contributed by atoms with Crippen molar-refractivity contribution < 1.29 is 19.0 Å². The Labute approximate surface area is 292 Å². The largest absolute Gasteiger partial charge is 0.490 e. The SMILES string of the molecule is COCCCc1ccc(Cl)c(CN(C(=O)C2=C(c3ccc(OCCOc4c(Cl)cc(C)cc4Cl)cc3)C[C@H]3CNC[C@@H]2N3)C2CC2)c1. The fourth-order valence-electron chi connectivity index (χ4n) is 6.54. The molecule has 47 heavy (non-hydrogen) atoms. The summed E-state index contributed by atoms with van der Waals surface area (Å²) in [5.41, 5.74) is 6.17. The molecule has 6 rings (SSSR count). The molecule has 0 radical (unpaired) electrons. The van der Waals surface area contributed by atoms with Gasteiger partial charge < -0.3 is 29.7 Å². The number of fused-ring (bicyclic) bond motifs is 2. The smallest absolute Gasteiger partial charge is 0.252 e. The molecule has 2 heterocycles. The summed E-state index contributed by atoms with van der Waals surface area (Å²) >= 11 is 19.3. The van der Waals surface area contributed by atoms with Crippen molar-refractivity contribution in [2.45, 2.75) is 63.7 Å². The summed E-state index contributed by atoms with van der Waals surface area (Å²) in [6.07, 6.45) is 4.64.